The highest BCUT2D eigenvalue weighted by Crippen LogP contribution is 2.45. The molecular weight excluding hydrogens is 396 g/mol. The summed E-state index contributed by atoms with van der Waals surface area (Å²) < 4.78 is 51.5. The zero-order valence-corrected chi connectivity index (χ0v) is 18.0. The molecule has 1 N–H and O–H groups in total. The Labute approximate surface area is 176 Å². The SMILES string of the molecule is COc1cc2c(c(F)c1OCC1(F)COC1)CCN1C[C@@H](OC(C)(C)C)[C@H](O)C[C@H]21. The molecule has 1 aromatic carbocycles. The second-order valence-corrected chi connectivity index (χ2v) is 9.55. The largest absolute Gasteiger partial charge is 0.493 e. The fraction of sp³-hybridized carbons (Fsp3) is 0.727. The van der Waals surface area contributed by atoms with E-state index in [1.807, 2.05) is 20.8 Å². The van der Waals surface area contributed by atoms with E-state index in [9.17, 15) is 9.50 Å². The summed E-state index contributed by atoms with van der Waals surface area (Å²) in [6, 6.07) is 1.64. The maximum atomic E-state index is 15.4. The molecule has 4 rings (SSSR count). The fourth-order valence-corrected chi connectivity index (χ4v) is 4.52. The van der Waals surface area contributed by atoms with E-state index in [-0.39, 0.29) is 49.1 Å². The maximum absolute atomic E-state index is 15.4. The van der Waals surface area contributed by atoms with Crippen molar-refractivity contribution in [1.29, 1.82) is 0 Å². The lowest BCUT2D eigenvalue weighted by Crippen LogP contribution is -2.53. The summed E-state index contributed by atoms with van der Waals surface area (Å²) in [6.07, 6.45) is 0.0100. The van der Waals surface area contributed by atoms with Gasteiger partial charge in [0.15, 0.2) is 23.0 Å². The van der Waals surface area contributed by atoms with E-state index in [1.165, 1.54) is 7.11 Å². The zero-order chi connectivity index (χ0) is 21.7. The molecule has 2 saturated heterocycles. The minimum Gasteiger partial charge on any atom is -0.493 e. The van der Waals surface area contributed by atoms with Gasteiger partial charge in [-0.05, 0) is 50.8 Å². The molecular formula is C22H31F2NO5. The van der Waals surface area contributed by atoms with Crippen molar-refractivity contribution in [3.05, 3.63) is 23.0 Å². The Hall–Kier alpha value is -1.48. The summed E-state index contributed by atoms with van der Waals surface area (Å²) in [7, 11) is 1.44. The van der Waals surface area contributed by atoms with Gasteiger partial charge in [0.2, 0.25) is 0 Å². The lowest BCUT2D eigenvalue weighted by molar-refractivity contribution is -0.149. The van der Waals surface area contributed by atoms with E-state index in [1.54, 1.807) is 6.07 Å². The number of benzene rings is 1. The number of alkyl halides is 1. The summed E-state index contributed by atoms with van der Waals surface area (Å²) >= 11 is 0. The normalized spacial score (nSPS) is 28.3. The molecule has 3 aliphatic heterocycles. The lowest BCUT2D eigenvalue weighted by Gasteiger charge is -2.47. The summed E-state index contributed by atoms with van der Waals surface area (Å²) in [6.45, 7) is 6.76. The molecule has 0 aliphatic carbocycles. The highest BCUT2D eigenvalue weighted by molar-refractivity contribution is 5.51. The third kappa shape index (κ3) is 4.15. The lowest BCUT2D eigenvalue weighted by atomic mass is 9.84. The van der Waals surface area contributed by atoms with E-state index in [2.05, 4.69) is 4.90 Å². The number of aliphatic hydroxyl groups is 1. The van der Waals surface area contributed by atoms with Crippen LogP contribution in [0.3, 0.4) is 0 Å². The van der Waals surface area contributed by atoms with E-state index in [4.69, 9.17) is 18.9 Å². The van der Waals surface area contributed by atoms with E-state index >= 15 is 4.39 Å². The van der Waals surface area contributed by atoms with Crippen LogP contribution in [0, 0.1) is 5.82 Å². The Balaban J connectivity index is 1.58. The molecule has 6 nitrogen and oxygen atoms in total. The monoisotopic (exact) mass is 427 g/mol. The van der Waals surface area contributed by atoms with Gasteiger partial charge in [-0.15, -0.1) is 0 Å². The van der Waals surface area contributed by atoms with Crippen molar-refractivity contribution in [1.82, 2.24) is 4.90 Å². The molecule has 1 aromatic rings. The smallest absolute Gasteiger partial charge is 0.197 e. The van der Waals surface area contributed by atoms with Crippen LogP contribution in [0.15, 0.2) is 6.07 Å². The Bertz CT molecular complexity index is 793. The number of piperidine rings is 1. The van der Waals surface area contributed by atoms with Crippen LogP contribution in [-0.2, 0) is 15.9 Å². The minimum atomic E-state index is -1.58. The van der Waals surface area contributed by atoms with Crippen molar-refractivity contribution in [2.75, 3.05) is 40.0 Å². The molecule has 0 radical (unpaired) electrons. The molecule has 30 heavy (non-hydrogen) atoms. The van der Waals surface area contributed by atoms with Gasteiger partial charge in [-0.2, -0.15) is 0 Å². The Morgan fingerprint density at radius 2 is 2.07 bits per heavy atom. The average molecular weight is 427 g/mol. The van der Waals surface area contributed by atoms with Crippen LogP contribution in [-0.4, -0.2) is 73.5 Å². The second kappa shape index (κ2) is 7.89. The topological polar surface area (TPSA) is 60.4 Å². The van der Waals surface area contributed by atoms with Crippen molar-refractivity contribution in [3.63, 3.8) is 0 Å². The van der Waals surface area contributed by atoms with Gasteiger partial charge in [0, 0.05) is 19.1 Å². The van der Waals surface area contributed by atoms with Crippen LogP contribution in [0.1, 0.15) is 44.4 Å². The van der Waals surface area contributed by atoms with Gasteiger partial charge in [-0.1, -0.05) is 0 Å². The van der Waals surface area contributed by atoms with Gasteiger partial charge in [-0.3, -0.25) is 4.90 Å². The molecule has 0 spiro atoms. The third-order valence-corrected chi connectivity index (χ3v) is 6.00. The first-order chi connectivity index (χ1) is 14.1. The first kappa shape index (κ1) is 21.7. The van der Waals surface area contributed by atoms with E-state index in [0.717, 1.165) is 5.56 Å². The molecule has 0 amide bonds. The van der Waals surface area contributed by atoms with Crippen molar-refractivity contribution in [2.24, 2.45) is 0 Å². The molecule has 2 fully saturated rings. The molecule has 8 heteroatoms. The predicted octanol–water partition coefficient (Wildman–Crippen LogP) is 2.80. The molecule has 168 valence electrons. The van der Waals surface area contributed by atoms with Gasteiger partial charge in [0.25, 0.3) is 0 Å². The average Bonchev–Trinajstić information content (AvgIpc) is 2.65. The van der Waals surface area contributed by atoms with Gasteiger partial charge < -0.3 is 24.1 Å². The van der Waals surface area contributed by atoms with Crippen molar-refractivity contribution < 1.29 is 32.8 Å². The van der Waals surface area contributed by atoms with Crippen LogP contribution in [0.4, 0.5) is 8.78 Å². The number of fused-ring (bicyclic) bond motifs is 3. The molecule has 0 bridgehead atoms. The van der Waals surface area contributed by atoms with Crippen molar-refractivity contribution >= 4 is 0 Å². The highest BCUT2D eigenvalue weighted by Gasteiger charge is 2.43. The summed E-state index contributed by atoms with van der Waals surface area (Å²) in [4.78, 5) is 2.23. The molecule has 3 heterocycles. The number of halogens is 2. The quantitative estimate of drug-likeness (QED) is 0.780. The van der Waals surface area contributed by atoms with E-state index in [0.29, 0.717) is 31.5 Å². The Morgan fingerprint density at radius 3 is 2.67 bits per heavy atom. The predicted molar refractivity (Wildman–Crippen MR) is 106 cm³/mol. The highest BCUT2D eigenvalue weighted by atomic mass is 19.1. The van der Waals surface area contributed by atoms with Crippen LogP contribution < -0.4 is 9.47 Å². The number of methoxy groups -OCH3 is 1. The summed E-state index contributed by atoms with van der Waals surface area (Å²) in [5.41, 5.74) is -0.599. The van der Waals surface area contributed by atoms with Crippen molar-refractivity contribution in [2.45, 2.75) is 63.1 Å². The summed E-state index contributed by atoms with van der Waals surface area (Å²) in [5, 5.41) is 10.7. The van der Waals surface area contributed by atoms with Gasteiger partial charge in [-0.25, -0.2) is 8.78 Å². The van der Waals surface area contributed by atoms with Crippen LogP contribution in [0.25, 0.3) is 0 Å². The second-order valence-electron chi connectivity index (χ2n) is 9.55. The summed E-state index contributed by atoms with van der Waals surface area (Å²) in [5.74, 6) is -0.325. The van der Waals surface area contributed by atoms with Crippen LogP contribution >= 0.6 is 0 Å². The van der Waals surface area contributed by atoms with Crippen molar-refractivity contribution in [3.8, 4) is 11.5 Å². The van der Waals surface area contributed by atoms with Crippen LogP contribution in [0.5, 0.6) is 11.5 Å². The Kier molecular flexibility index (Phi) is 5.72. The number of nitrogens with zero attached hydrogens (tertiary/aromatic N) is 1. The first-order valence-electron chi connectivity index (χ1n) is 10.5. The van der Waals surface area contributed by atoms with Crippen LogP contribution in [0.2, 0.25) is 0 Å². The van der Waals surface area contributed by atoms with Gasteiger partial charge >= 0.3 is 0 Å². The van der Waals surface area contributed by atoms with Gasteiger partial charge in [0.05, 0.1) is 38.1 Å². The molecule has 3 atom stereocenters. The van der Waals surface area contributed by atoms with E-state index < -0.39 is 17.6 Å². The number of rotatable bonds is 5. The first-order valence-corrected chi connectivity index (χ1v) is 10.5. The molecule has 3 aliphatic rings. The molecule has 0 saturated carbocycles. The molecule has 0 aromatic heterocycles. The minimum absolute atomic E-state index is 0.0470. The number of ether oxygens (including phenoxy) is 4. The standard InChI is InChI=1S/C22H31F2NO5/c1-21(2,3)30-18-9-25-6-5-13-14(15(25)8-16(18)26)7-17(27-4)20(19(13)23)29-12-22(24)10-28-11-22/h7,15-16,18,26H,5-6,8-12H2,1-4H3/t15-,16-,18-/m1/s1. The fourth-order valence-electron chi connectivity index (χ4n) is 4.52. The molecule has 0 unspecified atom stereocenters. The third-order valence-electron chi connectivity index (χ3n) is 6.00. The Morgan fingerprint density at radius 1 is 1.33 bits per heavy atom. The maximum Gasteiger partial charge on any atom is 0.197 e. The zero-order valence-electron chi connectivity index (χ0n) is 18.0. The van der Waals surface area contributed by atoms with Gasteiger partial charge in [0.1, 0.15) is 6.61 Å². The number of aliphatic hydroxyl groups excluding tert-OH is 1. The number of hydrogen-bond acceptors (Lipinski definition) is 6. The number of hydrogen-bond donors (Lipinski definition) is 1.